The smallest absolute Gasteiger partial charge is 0.340 e. The average molecular weight is 479 g/mol. The molecule has 34 heavy (non-hydrogen) atoms. The lowest BCUT2D eigenvalue weighted by Gasteiger charge is -2.12. The van der Waals surface area contributed by atoms with Gasteiger partial charge in [0.05, 0.1) is 23.3 Å². The van der Waals surface area contributed by atoms with Crippen LogP contribution >= 0.6 is 0 Å². The van der Waals surface area contributed by atoms with Crippen LogP contribution in [0.3, 0.4) is 0 Å². The molecule has 0 unspecified atom stereocenters. The third-order valence-corrected chi connectivity index (χ3v) is 6.40. The van der Waals surface area contributed by atoms with Gasteiger partial charge in [0.2, 0.25) is 5.89 Å². The fraction of sp³-hybridized carbons (Fsp3) is 0.120. The van der Waals surface area contributed by atoms with Crippen LogP contribution in [-0.4, -0.2) is 26.5 Å². The standard InChI is InChI=1S/C25H22N2O6S/c1-17-23(26-24(33-17)18-8-4-3-5-9-18)16-32-25(28)21-10-6-7-11-22(21)27-34(29,30)20-14-12-19(31-2)13-15-20/h3-15,27H,16H2,1-2H3. The Morgan fingerprint density at radius 1 is 0.971 bits per heavy atom. The Morgan fingerprint density at radius 2 is 1.65 bits per heavy atom. The number of aryl methyl sites for hydroxylation is 1. The monoisotopic (exact) mass is 478 g/mol. The van der Waals surface area contributed by atoms with Gasteiger partial charge in [-0.1, -0.05) is 30.3 Å². The van der Waals surface area contributed by atoms with Crippen molar-refractivity contribution in [3.8, 4) is 17.2 Å². The first-order valence-electron chi connectivity index (χ1n) is 10.3. The van der Waals surface area contributed by atoms with Crippen LogP contribution in [-0.2, 0) is 21.4 Å². The molecular weight excluding hydrogens is 456 g/mol. The van der Waals surface area contributed by atoms with E-state index >= 15 is 0 Å². The van der Waals surface area contributed by atoms with Crippen LogP contribution in [0.2, 0.25) is 0 Å². The molecule has 0 amide bonds. The summed E-state index contributed by atoms with van der Waals surface area (Å²) in [6.07, 6.45) is 0. The Kier molecular flexibility index (Phi) is 6.65. The number of rotatable bonds is 8. The van der Waals surface area contributed by atoms with E-state index in [1.807, 2.05) is 30.3 Å². The quantitative estimate of drug-likeness (QED) is 0.362. The van der Waals surface area contributed by atoms with Gasteiger partial charge < -0.3 is 13.9 Å². The van der Waals surface area contributed by atoms with Gasteiger partial charge in [0.1, 0.15) is 23.8 Å². The molecule has 0 bridgehead atoms. The first-order chi connectivity index (χ1) is 16.4. The summed E-state index contributed by atoms with van der Waals surface area (Å²) in [5.41, 5.74) is 1.46. The Morgan fingerprint density at radius 3 is 2.35 bits per heavy atom. The van der Waals surface area contributed by atoms with Crippen molar-refractivity contribution in [2.24, 2.45) is 0 Å². The number of para-hydroxylation sites is 1. The summed E-state index contributed by atoms with van der Waals surface area (Å²) in [7, 11) is -2.44. The molecule has 0 atom stereocenters. The van der Waals surface area contributed by atoms with E-state index < -0.39 is 16.0 Å². The second kappa shape index (κ2) is 9.80. The molecule has 174 valence electrons. The molecule has 1 aromatic heterocycles. The lowest BCUT2D eigenvalue weighted by molar-refractivity contribution is 0.0468. The van der Waals surface area contributed by atoms with Crippen molar-refractivity contribution in [2.45, 2.75) is 18.4 Å². The summed E-state index contributed by atoms with van der Waals surface area (Å²) >= 11 is 0. The number of sulfonamides is 1. The molecule has 0 saturated heterocycles. The van der Waals surface area contributed by atoms with Gasteiger partial charge in [-0.3, -0.25) is 4.72 Å². The molecule has 0 radical (unpaired) electrons. The zero-order valence-corrected chi connectivity index (χ0v) is 19.3. The number of methoxy groups -OCH3 is 1. The third-order valence-electron chi connectivity index (χ3n) is 5.01. The maximum Gasteiger partial charge on any atom is 0.340 e. The summed E-state index contributed by atoms with van der Waals surface area (Å²) in [6.45, 7) is 1.61. The summed E-state index contributed by atoms with van der Waals surface area (Å²) in [6, 6.07) is 21.5. The minimum atomic E-state index is -3.94. The number of hydrogen-bond acceptors (Lipinski definition) is 7. The van der Waals surface area contributed by atoms with Crippen LogP contribution < -0.4 is 9.46 Å². The number of carbonyl (C=O) groups excluding carboxylic acids is 1. The van der Waals surface area contributed by atoms with E-state index in [1.54, 1.807) is 31.2 Å². The highest BCUT2D eigenvalue weighted by Crippen LogP contribution is 2.24. The SMILES string of the molecule is COc1ccc(S(=O)(=O)Nc2ccccc2C(=O)OCc2nc(-c3ccccc3)oc2C)cc1. The van der Waals surface area contributed by atoms with Crippen molar-refractivity contribution in [2.75, 3.05) is 11.8 Å². The zero-order chi connectivity index (χ0) is 24.1. The number of anilines is 1. The van der Waals surface area contributed by atoms with Gasteiger partial charge in [0, 0.05) is 5.56 Å². The number of aromatic nitrogens is 1. The van der Waals surface area contributed by atoms with E-state index in [-0.39, 0.29) is 22.8 Å². The summed E-state index contributed by atoms with van der Waals surface area (Å²) in [5.74, 6) is 0.787. The third kappa shape index (κ3) is 5.10. The molecule has 0 aliphatic heterocycles. The van der Waals surface area contributed by atoms with Crippen molar-refractivity contribution in [1.82, 2.24) is 4.98 Å². The topological polar surface area (TPSA) is 108 Å². The maximum atomic E-state index is 12.8. The molecular formula is C25H22N2O6S. The van der Waals surface area contributed by atoms with Crippen LogP contribution in [0.15, 0.2) is 88.2 Å². The molecule has 1 N–H and O–H groups in total. The number of carbonyl (C=O) groups is 1. The highest BCUT2D eigenvalue weighted by atomic mass is 32.2. The van der Waals surface area contributed by atoms with Crippen molar-refractivity contribution < 1.29 is 27.1 Å². The van der Waals surface area contributed by atoms with Crippen molar-refractivity contribution in [3.63, 3.8) is 0 Å². The first kappa shape index (κ1) is 23.1. The molecule has 8 nitrogen and oxygen atoms in total. The second-order valence-electron chi connectivity index (χ2n) is 7.29. The summed E-state index contributed by atoms with van der Waals surface area (Å²) in [4.78, 5) is 17.2. The number of nitrogens with one attached hydrogen (secondary N) is 1. The highest BCUT2D eigenvalue weighted by molar-refractivity contribution is 7.92. The first-order valence-corrected chi connectivity index (χ1v) is 11.8. The van der Waals surface area contributed by atoms with Crippen LogP contribution in [0.5, 0.6) is 5.75 Å². The van der Waals surface area contributed by atoms with E-state index in [1.165, 1.54) is 31.4 Å². The van der Waals surface area contributed by atoms with Gasteiger partial charge in [-0.25, -0.2) is 18.2 Å². The predicted octanol–water partition coefficient (Wildman–Crippen LogP) is 4.82. The van der Waals surface area contributed by atoms with Gasteiger partial charge in [-0.2, -0.15) is 0 Å². The molecule has 0 aliphatic carbocycles. The molecule has 0 spiro atoms. The van der Waals surface area contributed by atoms with Gasteiger partial charge in [0.15, 0.2) is 0 Å². The van der Waals surface area contributed by atoms with Gasteiger partial charge >= 0.3 is 5.97 Å². The number of benzene rings is 3. The van der Waals surface area contributed by atoms with Crippen LogP contribution in [0.1, 0.15) is 21.8 Å². The normalized spacial score (nSPS) is 11.1. The number of hydrogen-bond donors (Lipinski definition) is 1. The van der Waals surface area contributed by atoms with E-state index in [0.29, 0.717) is 23.1 Å². The molecule has 4 rings (SSSR count). The van der Waals surface area contributed by atoms with E-state index in [9.17, 15) is 13.2 Å². The van der Waals surface area contributed by atoms with Crippen molar-refractivity contribution in [1.29, 1.82) is 0 Å². The van der Waals surface area contributed by atoms with Gasteiger partial charge in [-0.05, 0) is 55.5 Å². The minimum absolute atomic E-state index is 0.0307. The Labute approximate surface area is 197 Å². The van der Waals surface area contributed by atoms with Gasteiger partial charge in [0.25, 0.3) is 10.0 Å². The highest BCUT2D eigenvalue weighted by Gasteiger charge is 2.20. The largest absolute Gasteiger partial charge is 0.497 e. The zero-order valence-electron chi connectivity index (χ0n) is 18.5. The Bertz CT molecular complexity index is 1400. The van der Waals surface area contributed by atoms with E-state index in [2.05, 4.69) is 9.71 Å². The Hall–Kier alpha value is -4.11. The van der Waals surface area contributed by atoms with Crippen LogP contribution in [0, 0.1) is 6.92 Å². The molecule has 1 heterocycles. The molecule has 3 aromatic carbocycles. The van der Waals surface area contributed by atoms with Crippen LogP contribution in [0.4, 0.5) is 5.69 Å². The van der Waals surface area contributed by atoms with E-state index in [4.69, 9.17) is 13.9 Å². The minimum Gasteiger partial charge on any atom is -0.497 e. The Balaban J connectivity index is 1.49. The molecule has 4 aromatic rings. The number of nitrogens with zero attached hydrogens (tertiary/aromatic N) is 1. The second-order valence-corrected chi connectivity index (χ2v) is 8.97. The maximum absolute atomic E-state index is 12.8. The number of esters is 1. The van der Waals surface area contributed by atoms with E-state index in [0.717, 1.165) is 5.56 Å². The van der Waals surface area contributed by atoms with Crippen molar-refractivity contribution >= 4 is 21.7 Å². The lowest BCUT2D eigenvalue weighted by atomic mass is 10.2. The fourth-order valence-electron chi connectivity index (χ4n) is 3.19. The molecule has 0 fully saturated rings. The lowest BCUT2D eigenvalue weighted by Crippen LogP contribution is -2.16. The number of oxazole rings is 1. The number of ether oxygens (including phenoxy) is 2. The molecule has 9 heteroatoms. The average Bonchev–Trinajstić information content (AvgIpc) is 3.23. The van der Waals surface area contributed by atoms with Crippen molar-refractivity contribution in [3.05, 3.63) is 95.9 Å². The fourth-order valence-corrected chi connectivity index (χ4v) is 4.27. The predicted molar refractivity (Wildman–Crippen MR) is 126 cm³/mol. The van der Waals surface area contributed by atoms with Gasteiger partial charge in [-0.15, -0.1) is 0 Å². The summed E-state index contributed by atoms with van der Waals surface area (Å²) < 4.78 is 44.2. The molecule has 0 saturated carbocycles. The van der Waals surface area contributed by atoms with Crippen LogP contribution in [0.25, 0.3) is 11.5 Å². The molecule has 0 aliphatic rings. The summed E-state index contributed by atoms with van der Waals surface area (Å²) in [5, 5.41) is 0.